The highest BCUT2D eigenvalue weighted by molar-refractivity contribution is 5.78. The molecule has 0 aromatic carbocycles. The first kappa shape index (κ1) is 14.5. The molecule has 0 radical (unpaired) electrons. The second kappa shape index (κ2) is 9.09. The molecule has 0 fully saturated rings. The Bertz CT molecular complexity index is 157. The number of carboxylic acid groups (broad SMARTS) is 1. The number of hydrogen-bond donors (Lipinski definition) is 1. The van der Waals surface area contributed by atoms with E-state index in [4.69, 9.17) is 5.11 Å². The van der Waals surface area contributed by atoms with E-state index in [1.165, 1.54) is 0 Å². The van der Waals surface area contributed by atoms with Crippen molar-refractivity contribution in [3.63, 3.8) is 0 Å². The van der Waals surface area contributed by atoms with E-state index in [0.717, 1.165) is 19.8 Å². The van der Waals surface area contributed by atoms with Crippen LogP contribution in [0.25, 0.3) is 0 Å². The molecule has 0 unspecified atom stereocenters. The van der Waals surface area contributed by atoms with Gasteiger partial charge in [0.05, 0.1) is 0 Å². The molecule has 0 aliphatic rings. The van der Waals surface area contributed by atoms with Gasteiger partial charge in [-0.3, -0.25) is 9.59 Å². The zero-order valence-corrected chi connectivity index (χ0v) is 7.72. The first-order chi connectivity index (χ1) is 5.91. The van der Waals surface area contributed by atoms with Crippen LogP contribution < -0.4 is 0 Å². The van der Waals surface area contributed by atoms with Gasteiger partial charge in [-0.1, -0.05) is 13.3 Å². The highest BCUT2D eigenvalue weighted by Gasteiger charge is 2.05. The van der Waals surface area contributed by atoms with Crippen molar-refractivity contribution in [1.29, 1.82) is 0 Å². The number of halogens is 2. The minimum Gasteiger partial charge on any atom is -0.481 e. The highest BCUT2D eigenvalue weighted by Crippen LogP contribution is 1.91. The maximum Gasteiger partial charge on any atom is 0.303 e. The second-order valence-electron chi connectivity index (χ2n) is 2.41. The Balaban J connectivity index is 0. The molecule has 0 amide bonds. The molecule has 0 heterocycles. The third-order valence-corrected chi connectivity index (χ3v) is 1.05. The average Bonchev–Trinajstić information content (AvgIpc) is 2.01. The number of carbonyl (C=O) groups excluding carboxylic acids is 1. The first-order valence-corrected chi connectivity index (χ1v) is 3.92. The van der Waals surface area contributed by atoms with Gasteiger partial charge in [-0.15, -0.1) is 0 Å². The molecular weight excluding hydrogens is 182 g/mol. The molecule has 0 rings (SSSR count). The lowest BCUT2D eigenvalue weighted by atomic mass is 10.3. The number of carbonyl (C=O) groups is 2. The van der Waals surface area contributed by atoms with Crippen LogP contribution >= 0.6 is 0 Å². The summed E-state index contributed by atoms with van der Waals surface area (Å²) < 4.78 is 21.6. The number of Topliss-reactive ketones (excluding diaryl/α,β-unsaturated/α-hetero) is 1. The minimum absolute atomic E-state index is 0.316. The molecule has 0 aromatic heterocycles. The van der Waals surface area contributed by atoms with Gasteiger partial charge in [0.15, 0.2) is 5.78 Å². The molecule has 5 heteroatoms. The van der Waals surface area contributed by atoms with E-state index >= 15 is 0 Å². The normalized spacial score (nSPS) is 9.00. The lowest BCUT2D eigenvalue weighted by molar-refractivity contribution is -0.137. The molecule has 1 N–H and O–H groups in total. The van der Waals surface area contributed by atoms with E-state index in [0.29, 0.717) is 6.42 Å². The Morgan fingerprint density at radius 3 is 1.85 bits per heavy atom. The number of unbranched alkanes of at least 4 members (excludes halogenated alkanes) is 1. The monoisotopic (exact) mass is 196 g/mol. The summed E-state index contributed by atoms with van der Waals surface area (Å²) in [4.78, 5) is 19.2. The van der Waals surface area contributed by atoms with Crippen molar-refractivity contribution in [2.24, 2.45) is 0 Å². The van der Waals surface area contributed by atoms with Crippen LogP contribution in [0.3, 0.4) is 0 Å². The van der Waals surface area contributed by atoms with Gasteiger partial charge >= 0.3 is 5.97 Å². The summed E-state index contributed by atoms with van der Waals surface area (Å²) in [6.07, 6.45) is -0.706. The van der Waals surface area contributed by atoms with E-state index in [-0.39, 0.29) is 0 Å². The van der Waals surface area contributed by atoms with Crippen LogP contribution in [0.15, 0.2) is 0 Å². The van der Waals surface area contributed by atoms with Gasteiger partial charge in [-0.2, -0.15) is 0 Å². The number of ketones is 1. The molecule has 13 heavy (non-hydrogen) atoms. The highest BCUT2D eigenvalue weighted by atomic mass is 19.3. The molecule has 0 saturated heterocycles. The molecule has 0 spiro atoms. The Labute approximate surface area is 75.7 Å². The first-order valence-electron chi connectivity index (χ1n) is 3.92. The Hall–Kier alpha value is -1.00. The van der Waals surface area contributed by atoms with Crippen molar-refractivity contribution in [1.82, 2.24) is 0 Å². The van der Waals surface area contributed by atoms with Crippen LogP contribution in [-0.4, -0.2) is 23.3 Å². The standard InChI is InChI=1S/C5H10O2.C3H4F2O/c1-2-3-4-5(6)7;1-2(6)3(4)5/h2-4H2,1H3,(H,6,7);3H,1H3. The summed E-state index contributed by atoms with van der Waals surface area (Å²) in [5.41, 5.74) is 0. The quantitative estimate of drug-likeness (QED) is 0.749. The molecule has 0 bridgehead atoms. The summed E-state index contributed by atoms with van der Waals surface area (Å²) in [7, 11) is 0. The van der Waals surface area contributed by atoms with Gasteiger partial charge in [0, 0.05) is 13.3 Å². The van der Waals surface area contributed by atoms with Crippen LogP contribution in [0.2, 0.25) is 0 Å². The predicted molar refractivity (Wildman–Crippen MR) is 43.8 cm³/mol. The van der Waals surface area contributed by atoms with E-state index in [2.05, 4.69) is 0 Å². The number of carboxylic acids is 1. The van der Waals surface area contributed by atoms with Crippen molar-refractivity contribution in [3.05, 3.63) is 0 Å². The molecule has 0 aromatic rings. The predicted octanol–water partition coefficient (Wildman–Crippen LogP) is 2.10. The topological polar surface area (TPSA) is 54.4 Å². The molecule has 0 aliphatic carbocycles. The van der Waals surface area contributed by atoms with E-state index < -0.39 is 18.2 Å². The second-order valence-corrected chi connectivity index (χ2v) is 2.41. The fourth-order valence-electron chi connectivity index (χ4n) is 0.328. The molecule has 0 aliphatic heterocycles. The SMILES string of the molecule is CC(=O)C(F)F.CCCCC(=O)O. The van der Waals surface area contributed by atoms with E-state index in [9.17, 15) is 18.4 Å². The fourth-order valence-corrected chi connectivity index (χ4v) is 0.328. The van der Waals surface area contributed by atoms with E-state index in [1.54, 1.807) is 0 Å². The summed E-state index contributed by atoms with van der Waals surface area (Å²) in [5.74, 6) is -1.77. The summed E-state index contributed by atoms with van der Waals surface area (Å²) in [6, 6.07) is 0. The minimum atomic E-state index is -2.79. The van der Waals surface area contributed by atoms with Crippen molar-refractivity contribution in [2.75, 3.05) is 0 Å². The smallest absolute Gasteiger partial charge is 0.303 e. The van der Waals surface area contributed by atoms with Gasteiger partial charge < -0.3 is 5.11 Å². The van der Waals surface area contributed by atoms with Crippen LogP contribution in [0.1, 0.15) is 33.1 Å². The zero-order chi connectivity index (χ0) is 10.9. The lowest BCUT2D eigenvalue weighted by Crippen LogP contribution is -2.02. The molecule has 78 valence electrons. The van der Waals surface area contributed by atoms with Crippen molar-refractivity contribution < 1.29 is 23.5 Å². The lowest BCUT2D eigenvalue weighted by Gasteiger charge is -1.85. The van der Waals surface area contributed by atoms with Gasteiger partial charge in [0.25, 0.3) is 6.43 Å². The average molecular weight is 196 g/mol. The zero-order valence-electron chi connectivity index (χ0n) is 7.72. The molecule has 0 atom stereocenters. The summed E-state index contributed by atoms with van der Waals surface area (Å²) >= 11 is 0. The Morgan fingerprint density at radius 2 is 1.77 bits per heavy atom. The van der Waals surface area contributed by atoms with Gasteiger partial charge in [-0.05, 0) is 6.42 Å². The molecule has 3 nitrogen and oxygen atoms in total. The number of aliphatic carboxylic acids is 1. The molecule has 0 saturated carbocycles. The Kier molecular flexibility index (Phi) is 10.2. The Morgan fingerprint density at radius 1 is 1.38 bits per heavy atom. The largest absolute Gasteiger partial charge is 0.481 e. The third-order valence-electron chi connectivity index (χ3n) is 1.05. The van der Waals surface area contributed by atoms with Crippen molar-refractivity contribution in [2.45, 2.75) is 39.5 Å². The van der Waals surface area contributed by atoms with E-state index in [1.807, 2.05) is 6.92 Å². The van der Waals surface area contributed by atoms with Gasteiger partial charge in [-0.25, -0.2) is 8.78 Å². The van der Waals surface area contributed by atoms with Crippen molar-refractivity contribution in [3.8, 4) is 0 Å². The molecular formula is C8H14F2O3. The van der Waals surface area contributed by atoms with Crippen LogP contribution in [-0.2, 0) is 9.59 Å². The number of rotatable bonds is 4. The van der Waals surface area contributed by atoms with Gasteiger partial charge in [0.2, 0.25) is 0 Å². The van der Waals surface area contributed by atoms with Crippen LogP contribution in [0.4, 0.5) is 8.78 Å². The summed E-state index contributed by atoms with van der Waals surface area (Å²) in [6.45, 7) is 2.83. The van der Waals surface area contributed by atoms with Crippen LogP contribution in [0.5, 0.6) is 0 Å². The third kappa shape index (κ3) is 18.2. The number of hydrogen-bond acceptors (Lipinski definition) is 2. The maximum absolute atomic E-state index is 10.8. The maximum atomic E-state index is 10.8. The van der Waals surface area contributed by atoms with Crippen LogP contribution in [0, 0.1) is 0 Å². The number of alkyl halides is 2. The summed E-state index contributed by atoms with van der Waals surface area (Å²) in [5, 5.41) is 8.04. The van der Waals surface area contributed by atoms with Crippen molar-refractivity contribution >= 4 is 11.8 Å². The fraction of sp³-hybridized carbons (Fsp3) is 0.750. The van der Waals surface area contributed by atoms with Gasteiger partial charge in [0.1, 0.15) is 0 Å².